The Bertz CT molecular complexity index is 574. The van der Waals surface area contributed by atoms with E-state index in [1.165, 1.54) is 6.07 Å². The van der Waals surface area contributed by atoms with Crippen molar-refractivity contribution in [1.82, 2.24) is 0 Å². The first-order chi connectivity index (χ1) is 9.11. The van der Waals surface area contributed by atoms with Gasteiger partial charge in [0.2, 0.25) is 0 Å². The van der Waals surface area contributed by atoms with Gasteiger partial charge in [0.05, 0.1) is 17.0 Å². The van der Waals surface area contributed by atoms with Gasteiger partial charge in [-0.2, -0.15) is 0 Å². The molecule has 0 aliphatic heterocycles. The Labute approximate surface area is 125 Å². The molecular formula is C15H13BrClFO. The van der Waals surface area contributed by atoms with Crippen LogP contribution in [0.4, 0.5) is 4.39 Å². The van der Waals surface area contributed by atoms with Crippen LogP contribution in [0, 0.1) is 5.82 Å². The fourth-order valence-electron chi connectivity index (χ4n) is 1.89. The minimum Gasteiger partial charge on any atom is -0.496 e. The lowest BCUT2D eigenvalue weighted by Crippen LogP contribution is -1.99. The first kappa shape index (κ1) is 14.4. The van der Waals surface area contributed by atoms with Crippen LogP contribution >= 0.6 is 27.5 Å². The Kier molecular flexibility index (Phi) is 4.83. The van der Waals surface area contributed by atoms with Crippen molar-refractivity contribution in [2.45, 2.75) is 11.8 Å². The third kappa shape index (κ3) is 3.48. The average molecular weight is 344 g/mol. The number of halogens is 3. The molecule has 0 aromatic heterocycles. The second-order valence-electron chi connectivity index (χ2n) is 4.16. The van der Waals surface area contributed by atoms with Crippen LogP contribution < -0.4 is 4.74 Å². The maximum Gasteiger partial charge on any atom is 0.137 e. The topological polar surface area (TPSA) is 9.23 Å². The van der Waals surface area contributed by atoms with Crippen LogP contribution in [-0.2, 0) is 6.42 Å². The van der Waals surface area contributed by atoms with Crippen molar-refractivity contribution >= 4 is 27.5 Å². The number of para-hydroxylation sites is 1. The van der Waals surface area contributed by atoms with Crippen LogP contribution in [0.5, 0.6) is 5.75 Å². The number of methoxy groups -OCH3 is 1. The van der Waals surface area contributed by atoms with Crippen LogP contribution in [0.25, 0.3) is 0 Å². The summed E-state index contributed by atoms with van der Waals surface area (Å²) in [5, 5.41) is -0.293. The van der Waals surface area contributed by atoms with Crippen LogP contribution in [0.3, 0.4) is 0 Å². The Morgan fingerprint density at radius 2 is 2.00 bits per heavy atom. The van der Waals surface area contributed by atoms with Crippen molar-refractivity contribution in [2.24, 2.45) is 0 Å². The lowest BCUT2D eigenvalue weighted by Gasteiger charge is -2.13. The lowest BCUT2D eigenvalue weighted by atomic mass is 10.0. The number of benzene rings is 2. The second-order valence-corrected chi connectivity index (χ2v) is 5.54. The van der Waals surface area contributed by atoms with E-state index < -0.39 is 0 Å². The van der Waals surface area contributed by atoms with Crippen molar-refractivity contribution < 1.29 is 9.13 Å². The number of hydrogen-bond acceptors (Lipinski definition) is 1. The molecule has 0 saturated heterocycles. The van der Waals surface area contributed by atoms with E-state index in [0.29, 0.717) is 10.9 Å². The van der Waals surface area contributed by atoms with E-state index in [0.717, 1.165) is 16.9 Å². The van der Waals surface area contributed by atoms with Gasteiger partial charge in [-0.1, -0.05) is 24.3 Å². The fourth-order valence-corrected chi connectivity index (χ4v) is 2.44. The van der Waals surface area contributed by atoms with Crippen LogP contribution in [0.15, 0.2) is 46.9 Å². The highest BCUT2D eigenvalue weighted by atomic mass is 79.9. The van der Waals surface area contributed by atoms with Gasteiger partial charge in [-0.05, 0) is 51.7 Å². The molecule has 19 heavy (non-hydrogen) atoms. The first-order valence-electron chi connectivity index (χ1n) is 5.82. The number of alkyl halides is 1. The van der Waals surface area contributed by atoms with E-state index in [1.807, 2.05) is 30.3 Å². The van der Waals surface area contributed by atoms with Gasteiger partial charge in [0.15, 0.2) is 0 Å². The Hall–Kier alpha value is -1.06. The second kappa shape index (κ2) is 6.40. The molecule has 0 aliphatic carbocycles. The maximum absolute atomic E-state index is 13.5. The van der Waals surface area contributed by atoms with Gasteiger partial charge in [0, 0.05) is 0 Å². The molecule has 2 rings (SSSR count). The summed E-state index contributed by atoms with van der Waals surface area (Å²) in [5.41, 5.74) is 1.77. The summed E-state index contributed by atoms with van der Waals surface area (Å²) >= 11 is 9.49. The van der Waals surface area contributed by atoms with Gasteiger partial charge >= 0.3 is 0 Å². The average Bonchev–Trinajstić information content (AvgIpc) is 2.42. The van der Waals surface area contributed by atoms with Gasteiger partial charge in [0.1, 0.15) is 11.6 Å². The normalized spacial score (nSPS) is 12.2. The quantitative estimate of drug-likeness (QED) is 0.700. The summed E-state index contributed by atoms with van der Waals surface area (Å²) in [5.74, 6) is 0.494. The molecule has 1 unspecified atom stereocenters. The zero-order valence-corrected chi connectivity index (χ0v) is 12.7. The van der Waals surface area contributed by atoms with Gasteiger partial charge in [-0.25, -0.2) is 4.39 Å². The van der Waals surface area contributed by atoms with Crippen molar-refractivity contribution in [3.05, 3.63) is 63.9 Å². The zero-order valence-electron chi connectivity index (χ0n) is 10.4. The highest BCUT2D eigenvalue weighted by Crippen LogP contribution is 2.30. The SMILES string of the molecule is COc1ccccc1CC(Cl)c1ccc(Br)c(F)c1. The largest absolute Gasteiger partial charge is 0.496 e. The minimum absolute atomic E-state index is 0.293. The summed E-state index contributed by atoms with van der Waals surface area (Å²) in [6.45, 7) is 0. The highest BCUT2D eigenvalue weighted by molar-refractivity contribution is 9.10. The van der Waals surface area contributed by atoms with E-state index in [2.05, 4.69) is 15.9 Å². The number of rotatable bonds is 4. The third-order valence-corrected chi connectivity index (χ3v) is 3.95. The standard InChI is InChI=1S/C15H13BrClFO/c1-19-15-5-3-2-4-11(15)8-13(17)10-6-7-12(16)14(18)9-10/h2-7,9,13H,8H2,1H3. The van der Waals surface area contributed by atoms with Crippen molar-refractivity contribution in [1.29, 1.82) is 0 Å². The molecule has 2 aromatic carbocycles. The summed E-state index contributed by atoms with van der Waals surface area (Å²) in [6.07, 6.45) is 0.590. The summed E-state index contributed by atoms with van der Waals surface area (Å²) in [6, 6.07) is 12.6. The molecule has 1 nitrogen and oxygen atoms in total. The van der Waals surface area contributed by atoms with Crippen LogP contribution in [0.1, 0.15) is 16.5 Å². The summed E-state index contributed by atoms with van der Waals surface area (Å²) in [7, 11) is 1.63. The molecule has 0 bridgehead atoms. The molecule has 2 aromatic rings. The van der Waals surface area contributed by atoms with E-state index in [9.17, 15) is 4.39 Å². The van der Waals surface area contributed by atoms with Gasteiger partial charge in [-0.3, -0.25) is 0 Å². The van der Waals surface area contributed by atoms with E-state index in [4.69, 9.17) is 16.3 Å². The maximum atomic E-state index is 13.5. The summed E-state index contributed by atoms with van der Waals surface area (Å²) in [4.78, 5) is 0. The smallest absolute Gasteiger partial charge is 0.137 e. The predicted molar refractivity (Wildman–Crippen MR) is 79.4 cm³/mol. The Morgan fingerprint density at radius 1 is 1.26 bits per heavy atom. The number of ether oxygens (including phenoxy) is 1. The molecule has 0 amide bonds. The molecule has 1 atom stereocenters. The molecule has 0 spiro atoms. The van der Waals surface area contributed by atoms with Gasteiger partial charge < -0.3 is 4.74 Å². The molecular weight excluding hydrogens is 331 g/mol. The van der Waals surface area contributed by atoms with Crippen molar-refractivity contribution in [3.63, 3.8) is 0 Å². The first-order valence-corrected chi connectivity index (χ1v) is 7.05. The monoisotopic (exact) mass is 342 g/mol. The lowest BCUT2D eigenvalue weighted by molar-refractivity contribution is 0.409. The fraction of sp³-hybridized carbons (Fsp3) is 0.200. The van der Waals surface area contributed by atoms with E-state index in [-0.39, 0.29) is 11.2 Å². The van der Waals surface area contributed by atoms with Crippen LogP contribution in [0.2, 0.25) is 0 Å². The molecule has 0 saturated carbocycles. The van der Waals surface area contributed by atoms with Crippen molar-refractivity contribution in [3.8, 4) is 5.75 Å². The Morgan fingerprint density at radius 3 is 2.68 bits per heavy atom. The summed E-state index contributed by atoms with van der Waals surface area (Å²) < 4.78 is 19.2. The zero-order chi connectivity index (χ0) is 13.8. The number of hydrogen-bond donors (Lipinski definition) is 0. The van der Waals surface area contributed by atoms with Gasteiger partial charge in [0.25, 0.3) is 0 Å². The molecule has 0 aliphatic rings. The van der Waals surface area contributed by atoms with Crippen molar-refractivity contribution in [2.75, 3.05) is 7.11 Å². The van der Waals surface area contributed by atoms with Crippen LogP contribution in [-0.4, -0.2) is 7.11 Å². The molecule has 0 radical (unpaired) electrons. The molecule has 0 fully saturated rings. The molecule has 100 valence electrons. The third-order valence-electron chi connectivity index (χ3n) is 2.90. The predicted octanol–water partition coefficient (Wildman–Crippen LogP) is 5.12. The van der Waals surface area contributed by atoms with Gasteiger partial charge in [-0.15, -0.1) is 11.6 Å². The highest BCUT2D eigenvalue weighted by Gasteiger charge is 2.13. The molecule has 0 heterocycles. The minimum atomic E-state index is -0.303. The molecule has 0 N–H and O–H groups in total. The molecule has 4 heteroatoms. The van der Waals surface area contributed by atoms with E-state index >= 15 is 0 Å². The Balaban J connectivity index is 2.20. The van der Waals surface area contributed by atoms with E-state index in [1.54, 1.807) is 13.2 Å².